The van der Waals surface area contributed by atoms with E-state index in [1.54, 1.807) is 30.3 Å². The molecule has 0 aromatic heterocycles. The molecule has 0 saturated heterocycles. The Bertz CT molecular complexity index is 430. The maximum Gasteiger partial charge on any atom is 0.325 e. The van der Waals surface area contributed by atoms with Crippen LogP contribution in [0.3, 0.4) is 0 Å². The number of aliphatic hydroxyl groups excluding tert-OH is 1. The van der Waals surface area contributed by atoms with E-state index in [0.717, 1.165) is 6.42 Å². The first-order valence-corrected chi connectivity index (χ1v) is 6.54. The van der Waals surface area contributed by atoms with Crippen molar-refractivity contribution in [3.05, 3.63) is 30.3 Å². The zero-order valence-electron chi connectivity index (χ0n) is 11.5. The van der Waals surface area contributed by atoms with E-state index in [0.29, 0.717) is 12.2 Å². The summed E-state index contributed by atoms with van der Waals surface area (Å²) in [6.45, 7) is 2.02. The van der Waals surface area contributed by atoms with Gasteiger partial charge in [0.1, 0.15) is 6.54 Å². The molecule has 0 heterocycles. The normalized spacial score (nSPS) is 10.1. The van der Waals surface area contributed by atoms with E-state index in [4.69, 9.17) is 10.2 Å². The number of aliphatic carboxylic acids is 1. The lowest BCUT2D eigenvalue weighted by molar-refractivity contribution is -0.135. The third-order valence-electron chi connectivity index (χ3n) is 2.73. The predicted octanol–water partition coefficient (Wildman–Crippen LogP) is 1.40. The van der Waals surface area contributed by atoms with Crippen molar-refractivity contribution >= 4 is 17.7 Å². The minimum Gasteiger partial charge on any atom is -0.480 e. The Morgan fingerprint density at radius 2 is 1.80 bits per heavy atom. The lowest BCUT2D eigenvalue weighted by Crippen LogP contribution is -2.47. The van der Waals surface area contributed by atoms with E-state index >= 15 is 0 Å². The van der Waals surface area contributed by atoms with Gasteiger partial charge in [0.05, 0.1) is 6.61 Å². The van der Waals surface area contributed by atoms with Crippen LogP contribution in [0.5, 0.6) is 0 Å². The number of carbonyl (C=O) groups is 2. The van der Waals surface area contributed by atoms with Crippen LogP contribution in [0.2, 0.25) is 0 Å². The van der Waals surface area contributed by atoms with Gasteiger partial charge in [0.2, 0.25) is 0 Å². The standard InChI is InChI=1S/C14H20N2O4/c1-2-8-15(9-10-17)14(20)16(11-13(18)19)12-6-4-3-5-7-12/h3-7,17H,2,8-11H2,1H3,(H,18,19). The summed E-state index contributed by atoms with van der Waals surface area (Å²) in [5.74, 6) is -1.08. The number of carboxylic acids is 1. The number of carboxylic acid groups (broad SMARTS) is 1. The van der Waals surface area contributed by atoms with Crippen molar-refractivity contribution < 1.29 is 19.8 Å². The highest BCUT2D eigenvalue weighted by Crippen LogP contribution is 2.15. The Balaban J connectivity index is 2.97. The van der Waals surface area contributed by atoms with Gasteiger partial charge >= 0.3 is 12.0 Å². The molecular weight excluding hydrogens is 260 g/mol. The SMILES string of the molecule is CCCN(CCO)C(=O)N(CC(=O)O)c1ccccc1. The zero-order valence-corrected chi connectivity index (χ0v) is 11.5. The summed E-state index contributed by atoms with van der Waals surface area (Å²) >= 11 is 0. The topological polar surface area (TPSA) is 81.1 Å². The Labute approximate surface area is 118 Å². The summed E-state index contributed by atoms with van der Waals surface area (Å²) in [5, 5.41) is 18.0. The van der Waals surface area contributed by atoms with Crippen molar-refractivity contribution in [3.63, 3.8) is 0 Å². The molecular formula is C14H20N2O4. The van der Waals surface area contributed by atoms with Gasteiger partial charge in [-0.1, -0.05) is 25.1 Å². The van der Waals surface area contributed by atoms with Gasteiger partial charge in [-0.25, -0.2) is 4.79 Å². The number of para-hydroxylation sites is 1. The lowest BCUT2D eigenvalue weighted by atomic mass is 10.3. The zero-order chi connectivity index (χ0) is 15.0. The van der Waals surface area contributed by atoms with Crippen molar-refractivity contribution in [3.8, 4) is 0 Å². The van der Waals surface area contributed by atoms with Crippen LogP contribution < -0.4 is 4.90 Å². The molecule has 1 rings (SSSR count). The van der Waals surface area contributed by atoms with Gasteiger partial charge in [0, 0.05) is 18.8 Å². The molecule has 2 N–H and O–H groups in total. The first kappa shape index (κ1) is 16.0. The summed E-state index contributed by atoms with van der Waals surface area (Å²) in [5.41, 5.74) is 0.527. The third kappa shape index (κ3) is 4.55. The maximum absolute atomic E-state index is 12.4. The molecule has 1 aromatic carbocycles. The number of amides is 2. The molecule has 6 nitrogen and oxygen atoms in total. The molecule has 0 atom stereocenters. The quantitative estimate of drug-likeness (QED) is 0.791. The second-order valence-electron chi connectivity index (χ2n) is 4.31. The minimum absolute atomic E-state index is 0.151. The Kier molecular flexibility index (Phi) is 6.52. The highest BCUT2D eigenvalue weighted by atomic mass is 16.4. The summed E-state index contributed by atoms with van der Waals surface area (Å²) in [4.78, 5) is 26.1. The smallest absolute Gasteiger partial charge is 0.325 e. The van der Waals surface area contributed by atoms with Crippen molar-refractivity contribution in [2.45, 2.75) is 13.3 Å². The van der Waals surface area contributed by atoms with Crippen LogP contribution in [0, 0.1) is 0 Å². The van der Waals surface area contributed by atoms with Gasteiger partial charge in [-0.05, 0) is 18.6 Å². The maximum atomic E-state index is 12.4. The van der Waals surface area contributed by atoms with E-state index in [1.165, 1.54) is 9.80 Å². The van der Waals surface area contributed by atoms with Crippen LogP contribution in [-0.4, -0.2) is 53.4 Å². The number of aliphatic hydroxyl groups is 1. The van der Waals surface area contributed by atoms with Crippen molar-refractivity contribution in [1.29, 1.82) is 0 Å². The van der Waals surface area contributed by atoms with Gasteiger partial charge in [-0.3, -0.25) is 9.69 Å². The molecule has 0 unspecified atom stereocenters. The van der Waals surface area contributed by atoms with E-state index in [2.05, 4.69) is 0 Å². The molecule has 0 radical (unpaired) electrons. The molecule has 0 aliphatic heterocycles. The summed E-state index contributed by atoms with van der Waals surface area (Å²) < 4.78 is 0. The third-order valence-corrected chi connectivity index (χ3v) is 2.73. The minimum atomic E-state index is -1.08. The van der Waals surface area contributed by atoms with E-state index in [9.17, 15) is 9.59 Å². The average Bonchev–Trinajstić information content (AvgIpc) is 2.44. The van der Waals surface area contributed by atoms with E-state index in [-0.39, 0.29) is 13.2 Å². The summed E-state index contributed by atoms with van der Waals surface area (Å²) in [6.07, 6.45) is 0.738. The van der Waals surface area contributed by atoms with Crippen LogP contribution >= 0.6 is 0 Å². The molecule has 0 aliphatic carbocycles. The fraction of sp³-hybridized carbons (Fsp3) is 0.429. The summed E-state index contributed by atoms with van der Waals surface area (Å²) in [6, 6.07) is 8.24. The van der Waals surface area contributed by atoms with Gasteiger partial charge in [0.25, 0.3) is 0 Å². The molecule has 0 saturated carbocycles. The van der Waals surface area contributed by atoms with E-state index in [1.807, 2.05) is 6.92 Å². The van der Waals surface area contributed by atoms with E-state index < -0.39 is 18.5 Å². The molecule has 1 aromatic rings. The molecule has 0 aliphatic rings. The number of hydrogen-bond acceptors (Lipinski definition) is 3. The number of urea groups is 1. The van der Waals surface area contributed by atoms with Gasteiger partial charge in [0.15, 0.2) is 0 Å². The number of nitrogens with zero attached hydrogens (tertiary/aromatic N) is 2. The molecule has 6 heteroatoms. The van der Waals surface area contributed by atoms with Crippen LogP contribution in [-0.2, 0) is 4.79 Å². The van der Waals surface area contributed by atoms with Crippen LogP contribution in [0.1, 0.15) is 13.3 Å². The molecule has 0 spiro atoms. The molecule has 110 valence electrons. The Morgan fingerprint density at radius 1 is 1.15 bits per heavy atom. The Morgan fingerprint density at radius 3 is 2.30 bits per heavy atom. The second kappa shape index (κ2) is 8.16. The van der Waals surface area contributed by atoms with Crippen LogP contribution in [0.15, 0.2) is 30.3 Å². The highest BCUT2D eigenvalue weighted by Gasteiger charge is 2.23. The fourth-order valence-corrected chi connectivity index (χ4v) is 1.88. The molecule has 0 fully saturated rings. The largest absolute Gasteiger partial charge is 0.480 e. The predicted molar refractivity (Wildman–Crippen MR) is 75.8 cm³/mol. The van der Waals surface area contributed by atoms with Crippen molar-refractivity contribution in [1.82, 2.24) is 4.90 Å². The number of benzene rings is 1. The molecule has 20 heavy (non-hydrogen) atoms. The van der Waals surface area contributed by atoms with Crippen molar-refractivity contribution in [2.75, 3.05) is 31.1 Å². The van der Waals surface area contributed by atoms with Gasteiger partial charge in [-0.2, -0.15) is 0 Å². The number of rotatable bonds is 7. The lowest BCUT2D eigenvalue weighted by Gasteiger charge is -2.29. The monoisotopic (exact) mass is 280 g/mol. The fourth-order valence-electron chi connectivity index (χ4n) is 1.88. The second-order valence-corrected chi connectivity index (χ2v) is 4.31. The van der Waals surface area contributed by atoms with Gasteiger partial charge < -0.3 is 15.1 Å². The molecule has 2 amide bonds. The van der Waals surface area contributed by atoms with Crippen LogP contribution in [0.25, 0.3) is 0 Å². The Hall–Kier alpha value is -2.08. The first-order chi connectivity index (χ1) is 9.60. The first-order valence-electron chi connectivity index (χ1n) is 6.54. The van der Waals surface area contributed by atoms with Crippen LogP contribution in [0.4, 0.5) is 10.5 Å². The highest BCUT2D eigenvalue weighted by molar-refractivity contribution is 5.96. The van der Waals surface area contributed by atoms with Crippen molar-refractivity contribution in [2.24, 2.45) is 0 Å². The van der Waals surface area contributed by atoms with Gasteiger partial charge in [-0.15, -0.1) is 0 Å². The number of anilines is 1. The summed E-state index contributed by atoms with van der Waals surface area (Å²) in [7, 11) is 0. The number of hydrogen-bond donors (Lipinski definition) is 2. The number of carbonyl (C=O) groups excluding carboxylic acids is 1. The average molecular weight is 280 g/mol. The molecule has 0 bridgehead atoms.